The molecule has 0 fully saturated rings. The Balaban J connectivity index is 2.36. The van der Waals surface area contributed by atoms with Crippen molar-refractivity contribution in [2.24, 2.45) is 0 Å². The summed E-state index contributed by atoms with van der Waals surface area (Å²) >= 11 is 0. The van der Waals surface area contributed by atoms with Crippen molar-refractivity contribution in [3.8, 4) is 0 Å². The normalized spacial score (nSPS) is 21.2. The molecular weight excluding hydrogens is 298 g/mol. The smallest absolute Gasteiger partial charge is 0.224 e. The van der Waals surface area contributed by atoms with Crippen molar-refractivity contribution in [2.75, 3.05) is 5.75 Å². The molecule has 0 radical (unpaired) electrons. The second-order valence-corrected chi connectivity index (χ2v) is 8.70. The summed E-state index contributed by atoms with van der Waals surface area (Å²) in [5, 5.41) is 1.05. The molecule has 1 heterocycles. The topological polar surface area (TPSA) is 80.3 Å². The molecule has 0 amide bonds. The fourth-order valence-electron chi connectivity index (χ4n) is 2.50. The van der Waals surface area contributed by atoms with Crippen LogP contribution in [0.15, 0.2) is 28.5 Å². The van der Waals surface area contributed by atoms with E-state index < -0.39 is 25.9 Å². The predicted molar refractivity (Wildman–Crippen MR) is 77.7 cm³/mol. The van der Waals surface area contributed by atoms with Gasteiger partial charge < -0.3 is 0 Å². The van der Waals surface area contributed by atoms with Crippen LogP contribution < -0.4 is 4.72 Å². The number of sulfonamides is 1. The Bertz CT molecular complexity index is 754. The molecule has 0 bridgehead atoms. The Hall–Kier alpha value is -1.18. The van der Waals surface area contributed by atoms with Crippen molar-refractivity contribution in [3.05, 3.63) is 40.3 Å². The number of hydrogen-bond acceptors (Lipinski definition) is 4. The zero-order valence-corrected chi connectivity index (χ0v) is 13.2. The third-order valence-corrected chi connectivity index (χ3v) is 6.30. The first-order chi connectivity index (χ1) is 9.11. The van der Waals surface area contributed by atoms with E-state index in [0.29, 0.717) is 11.1 Å². The fraction of sp³-hybridized carbons (Fsp3) is 0.385. The molecule has 1 N–H and O–H groups in total. The van der Waals surface area contributed by atoms with E-state index in [1.54, 1.807) is 26.0 Å². The van der Waals surface area contributed by atoms with Crippen LogP contribution in [0.25, 0.3) is 0 Å². The average molecular weight is 315 g/mol. The number of sulfone groups is 1. The largest absolute Gasteiger partial charge is 0.241 e. The molecule has 0 aromatic heterocycles. The standard InChI is InChI=1S/C13H17NO4S2/c1-9-6-10(2)13(11(3)7-9)20(17,18)14-12-4-5-19(15,16)8-12/h4-7,12,14H,8H2,1-3H3. The molecule has 110 valence electrons. The molecule has 1 aromatic rings. The molecule has 0 aliphatic carbocycles. The highest BCUT2D eigenvalue weighted by atomic mass is 32.2. The second kappa shape index (κ2) is 4.98. The summed E-state index contributed by atoms with van der Waals surface area (Å²) in [6, 6.07) is 2.89. The molecule has 1 aromatic carbocycles. The van der Waals surface area contributed by atoms with Gasteiger partial charge in [-0.15, -0.1) is 0 Å². The van der Waals surface area contributed by atoms with Crippen molar-refractivity contribution in [1.29, 1.82) is 0 Å². The maximum atomic E-state index is 12.4. The Morgan fingerprint density at radius 1 is 1.15 bits per heavy atom. The summed E-state index contributed by atoms with van der Waals surface area (Å²) < 4.78 is 49.9. The molecule has 1 aliphatic rings. The van der Waals surface area contributed by atoms with Crippen molar-refractivity contribution >= 4 is 19.9 Å². The summed E-state index contributed by atoms with van der Waals surface area (Å²) in [5.74, 6) is -0.226. The minimum Gasteiger partial charge on any atom is -0.224 e. The number of hydrogen-bond donors (Lipinski definition) is 1. The van der Waals surface area contributed by atoms with Gasteiger partial charge in [-0.2, -0.15) is 0 Å². The van der Waals surface area contributed by atoms with Crippen LogP contribution in [0.5, 0.6) is 0 Å². The van der Waals surface area contributed by atoms with E-state index in [4.69, 9.17) is 0 Å². The maximum absolute atomic E-state index is 12.4. The average Bonchev–Trinajstić information content (AvgIpc) is 2.54. The van der Waals surface area contributed by atoms with Gasteiger partial charge in [0.2, 0.25) is 10.0 Å². The minimum atomic E-state index is -3.74. The predicted octanol–water partition coefficient (Wildman–Crippen LogP) is 1.20. The lowest BCUT2D eigenvalue weighted by atomic mass is 10.1. The van der Waals surface area contributed by atoms with Gasteiger partial charge in [-0.05, 0) is 31.9 Å². The summed E-state index contributed by atoms with van der Waals surface area (Å²) in [4.78, 5) is 0.223. The van der Waals surface area contributed by atoms with Gasteiger partial charge in [0, 0.05) is 5.41 Å². The van der Waals surface area contributed by atoms with E-state index in [2.05, 4.69) is 4.72 Å². The van der Waals surface area contributed by atoms with Gasteiger partial charge in [0.1, 0.15) is 0 Å². The third-order valence-electron chi connectivity index (χ3n) is 3.11. The summed E-state index contributed by atoms with van der Waals surface area (Å²) in [6.45, 7) is 5.36. The Kier molecular flexibility index (Phi) is 3.79. The van der Waals surface area contributed by atoms with Gasteiger partial charge in [-0.25, -0.2) is 21.6 Å². The molecule has 2 rings (SSSR count). The van der Waals surface area contributed by atoms with Crippen molar-refractivity contribution < 1.29 is 16.8 Å². The Morgan fingerprint density at radius 3 is 2.15 bits per heavy atom. The molecule has 1 unspecified atom stereocenters. The molecule has 0 saturated heterocycles. The fourth-order valence-corrected chi connectivity index (χ4v) is 5.48. The lowest BCUT2D eigenvalue weighted by Crippen LogP contribution is -2.36. The summed E-state index contributed by atoms with van der Waals surface area (Å²) in [6.07, 6.45) is 1.37. The highest BCUT2D eigenvalue weighted by Crippen LogP contribution is 2.22. The quantitative estimate of drug-likeness (QED) is 0.909. The van der Waals surface area contributed by atoms with Crippen LogP contribution in [0.1, 0.15) is 16.7 Å². The van der Waals surface area contributed by atoms with E-state index in [9.17, 15) is 16.8 Å². The third kappa shape index (κ3) is 3.11. The van der Waals surface area contributed by atoms with Crippen LogP contribution in [0.3, 0.4) is 0 Å². The zero-order valence-electron chi connectivity index (χ0n) is 11.5. The molecule has 7 heteroatoms. The van der Waals surface area contributed by atoms with Crippen LogP contribution in [0.2, 0.25) is 0 Å². The highest BCUT2D eigenvalue weighted by molar-refractivity contribution is 7.94. The molecule has 0 saturated carbocycles. The second-order valence-electron chi connectivity index (χ2n) is 5.11. The van der Waals surface area contributed by atoms with E-state index in [0.717, 1.165) is 11.0 Å². The van der Waals surface area contributed by atoms with Crippen LogP contribution in [-0.4, -0.2) is 28.6 Å². The number of rotatable bonds is 3. The van der Waals surface area contributed by atoms with Crippen LogP contribution in [-0.2, 0) is 19.9 Å². The van der Waals surface area contributed by atoms with Gasteiger partial charge in [0.15, 0.2) is 9.84 Å². The molecule has 20 heavy (non-hydrogen) atoms. The summed E-state index contributed by atoms with van der Waals surface area (Å²) in [7, 11) is -7.02. The lowest BCUT2D eigenvalue weighted by molar-refractivity contribution is 0.573. The Labute approximate surface area is 119 Å². The van der Waals surface area contributed by atoms with Gasteiger partial charge in [-0.3, -0.25) is 0 Å². The highest BCUT2D eigenvalue weighted by Gasteiger charge is 2.28. The molecule has 5 nitrogen and oxygen atoms in total. The molecule has 0 spiro atoms. The molecular formula is C13H17NO4S2. The van der Waals surface area contributed by atoms with Crippen molar-refractivity contribution in [1.82, 2.24) is 4.72 Å². The number of aryl methyl sites for hydroxylation is 3. The van der Waals surface area contributed by atoms with E-state index in [-0.39, 0.29) is 10.6 Å². The molecule has 1 atom stereocenters. The first-order valence-corrected chi connectivity index (χ1v) is 9.32. The van der Waals surface area contributed by atoms with Gasteiger partial charge in [0.25, 0.3) is 0 Å². The van der Waals surface area contributed by atoms with Gasteiger partial charge in [-0.1, -0.05) is 23.8 Å². The summed E-state index contributed by atoms with van der Waals surface area (Å²) in [5.41, 5.74) is 2.29. The lowest BCUT2D eigenvalue weighted by Gasteiger charge is -2.15. The van der Waals surface area contributed by atoms with Gasteiger partial charge in [0.05, 0.1) is 16.7 Å². The number of benzene rings is 1. The van der Waals surface area contributed by atoms with Crippen LogP contribution in [0, 0.1) is 20.8 Å². The zero-order chi connectivity index (χ0) is 15.1. The van der Waals surface area contributed by atoms with Crippen molar-refractivity contribution in [3.63, 3.8) is 0 Å². The minimum absolute atomic E-state index is 0.223. The van der Waals surface area contributed by atoms with E-state index in [1.807, 2.05) is 6.92 Å². The van der Waals surface area contributed by atoms with Crippen LogP contribution in [0.4, 0.5) is 0 Å². The van der Waals surface area contributed by atoms with E-state index >= 15 is 0 Å². The SMILES string of the molecule is Cc1cc(C)c(S(=O)(=O)NC2C=CS(=O)(=O)C2)c(C)c1. The van der Waals surface area contributed by atoms with E-state index in [1.165, 1.54) is 6.08 Å². The first kappa shape index (κ1) is 15.2. The monoisotopic (exact) mass is 315 g/mol. The number of nitrogens with one attached hydrogen (secondary N) is 1. The van der Waals surface area contributed by atoms with Crippen molar-refractivity contribution in [2.45, 2.75) is 31.7 Å². The first-order valence-electron chi connectivity index (χ1n) is 6.12. The van der Waals surface area contributed by atoms with Gasteiger partial charge >= 0.3 is 0 Å². The maximum Gasteiger partial charge on any atom is 0.241 e. The van der Waals surface area contributed by atoms with Crippen LogP contribution >= 0.6 is 0 Å². The molecule has 1 aliphatic heterocycles. The Morgan fingerprint density at radius 2 is 1.70 bits per heavy atom.